The molecule has 0 amide bonds. The first-order chi connectivity index (χ1) is 10.1. The van der Waals surface area contributed by atoms with Gasteiger partial charge in [0.05, 0.1) is 5.01 Å². The summed E-state index contributed by atoms with van der Waals surface area (Å²) < 4.78 is 0. The van der Waals surface area contributed by atoms with Crippen LogP contribution in [0.4, 0.5) is 0 Å². The standard InChI is InChI=1S/C16H28N4S.HI/c1-12(2)9-14-6-8-20(11-14)16(17-4)18-7-5-15-19-10-13(3)21-15;/h10,12,14H,5-9,11H2,1-4H3,(H,17,18);1H. The molecule has 4 nitrogen and oxygen atoms in total. The molecular formula is C16H29IN4S. The normalized spacial score (nSPS) is 18.7. The monoisotopic (exact) mass is 436 g/mol. The number of hydrogen-bond acceptors (Lipinski definition) is 3. The van der Waals surface area contributed by atoms with Gasteiger partial charge >= 0.3 is 0 Å². The summed E-state index contributed by atoms with van der Waals surface area (Å²) in [6.07, 6.45) is 5.54. The molecule has 1 N–H and O–H groups in total. The van der Waals surface area contributed by atoms with Crippen LogP contribution >= 0.6 is 35.3 Å². The molecule has 0 saturated carbocycles. The number of aromatic nitrogens is 1. The molecule has 0 aliphatic carbocycles. The van der Waals surface area contributed by atoms with Crippen molar-refractivity contribution in [1.29, 1.82) is 0 Å². The largest absolute Gasteiger partial charge is 0.356 e. The number of aryl methyl sites for hydroxylation is 1. The number of rotatable bonds is 5. The van der Waals surface area contributed by atoms with Gasteiger partial charge in [0.2, 0.25) is 0 Å². The van der Waals surface area contributed by atoms with Crippen LogP contribution < -0.4 is 5.32 Å². The van der Waals surface area contributed by atoms with E-state index in [1.165, 1.54) is 22.7 Å². The van der Waals surface area contributed by atoms with Gasteiger partial charge in [0.15, 0.2) is 5.96 Å². The Kier molecular flexibility index (Phi) is 8.67. The molecule has 1 fully saturated rings. The summed E-state index contributed by atoms with van der Waals surface area (Å²) in [6.45, 7) is 9.91. The summed E-state index contributed by atoms with van der Waals surface area (Å²) >= 11 is 1.78. The maximum absolute atomic E-state index is 4.43. The molecular weight excluding hydrogens is 407 g/mol. The number of likely N-dealkylation sites (tertiary alicyclic amines) is 1. The number of thiazole rings is 1. The van der Waals surface area contributed by atoms with Gasteiger partial charge in [-0.1, -0.05) is 13.8 Å². The highest BCUT2D eigenvalue weighted by Crippen LogP contribution is 2.23. The molecule has 2 heterocycles. The van der Waals surface area contributed by atoms with Crippen molar-refractivity contribution in [2.24, 2.45) is 16.8 Å². The van der Waals surface area contributed by atoms with E-state index in [0.717, 1.165) is 43.9 Å². The van der Waals surface area contributed by atoms with Crippen LogP contribution in [0.3, 0.4) is 0 Å². The predicted molar refractivity (Wildman–Crippen MR) is 106 cm³/mol. The summed E-state index contributed by atoms with van der Waals surface area (Å²) in [5.41, 5.74) is 0. The molecule has 126 valence electrons. The Bertz CT molecular complexity index is 472. The average molecular weight is 436 g/mol. The van der Waals surface area contributed by atoms with Gasteiger partial charge in [0.1, 0.15) is 0 Å². The van der Waals surface area contributed by atoms with Gasteiger partial charge in [-0.3, -0.25) is 4.99 Å². The van der Waals surface area contributed by atoms with Crippen molar-refractivity contribution >= 4 is 41.3 Å². The highest BCUT2D eigenvalue weighted by Gasteiger charge is 2.25. The minimum Gasteiger partial charge on any atom is -0.356 e. The number of nitrogens with zero attached hydrogens (tertiary/aromatic N) is 3. The summed E-state index contributed by atoms with van der Waals surface area (Å²) in [5, 5.41) is 4.69. The molecule has 6 heteroatoms. The summed E-state index contributed by atoms with van der Waals surface area (Å²) in [4.78, 5) is 12.5. The molecule has 2 rings (SSSR count). The molecule has 1 aromatic heterocycles. The lowest BCUT2D eigenvalue weighted by Gasteiger charge is -2.22. The zero-order chi connectivity index (χ0) is 15.2. The molecule has 0 spiro atoms. The van der Waals surface area contributed by atoms with E-state index in [-0.39, 0.29) is 24.0 Å². The number of hydrogen-bond donors (Lipinski definition) is 1. The molecule has 1 aromatic rings. The smallest absolute Gasteiger partial charge is 0.193 e. The van der Waals surface area contributed by atoms with Gasteiger partial charge in [-0.15, -0.1) is 35.3 Å². The Labute approximate surface area is 155 Å². The highest BCUT2D eigenvalue weighted by atomic mass is 127. The Morgan fingerprint density at radius 2 is 2.32 bits per heavy atom. The third kappa shape index (κ3) is 6.02. The van der Waals surface area contributed by atoms with E-state index in [1.807, 2.05) is 13.2 Å². The van der Waals surface area contributed by atoms with Crippen molar-refractivity contribution in [2.75, 3.05) is 26.7 Å². The van der Waals surface area contributed by atoms with Crippen LogP contribution in [0, 0.1) is 18.8 Å². The van der Waals surface area contributed by atoms with Crippen molar-refractivity contribution in [3.05, 3.63) is 16.1 Å². The van der Waals surface area contributed by atoms with Crippen molar-refractivity contribution in [2.45, 2.75) is 40.0 Å². The molecule has 1 aliphatic heterocycles. The first-order valence-corrected chi connectivity index (χ1v) is 8.77. The second-order valence-electron chi connectivity index (χ2n) is 6.32. The van der Waals surface area contributed by atoms with Gasteiger partial charge in [-0.2, -0.15) is 0 Å². The van der Waals surface area contributed by atoms with E-state index in [0.29, 0.717) is 0 Å². The molecule has 0 radical (unpaired) electrons. The van der Waals surface area contributed by atoms with E-state index in [4.69, 9.17) is 0 Å². The van der Waals surface area contributed by atoms with Crippen LogP contribution in [0.2, 0.25) is 0 Å². The summed E-state index contributed by atoms with van der Waals surface area (Å²) in [7, 11) is 1.88. The van der Waals surface area contributed by atoms with Crippen LogP contribution in [-0.2, 0) is 6.42 Å². The summed E-state index contributed by atoms with van der Waals surface area (Å²) in [5.74, 6) is 2.66. The SMILES string of the molecule is CN=C(NCCc1ncc(C)s1)N1CCC(CC(C)C)C1.I. The number of guanidine groups is 1. The minimum atomic E-state index is 0. The van der Waals surface area contributed by atoms with Crippen molar-refractivity contribution < 1.29 is 0 Å². The quantitative estimate of drug-likeness (QED) is 0.436. The Hall–Kier alpha value is -0.370. The van der Waals surface area contributed by atoms with Gasteiger partial charge in [0, 0.05) is 44.2 Å². The lowest BCUT2D eigenvalue weighted by atomic mass is 9.97. The molecule has 0 bridgehead atoms. The molecule has 1 unspecified atom stereocenters. The van der Waals surface area contributed by atoms with Crippen LogP contribution in [0.15, 0.2) is 11.2 Å². The minimum absolute atomic E-state index is 0. The van der Waals surface area contributed by atoms with Gasteiger partial charge in [0.25, 0.3) is 0 Å². The maximum atomic E-state index is 4.43. The van der Waals surface area contributed by atoms with Crippen LogP contribution in [0.1, 0.15) is 36.6 Å². The number of nitrogens with one attached hydrogen (secondary N) is 1. The lowest BCUT2D eigenvalue weighted by Crippen LogP contribution is -2.40. The van der Waals surface area contributed by atoms with Gasteiger partial charge < -0.3 is 10.2 Å². The highest BCUT2D eigenvalue weighted by molar-refractivity contribution is 14.0. The molecule has 1 saturated heterocycles. The zero-order valence-electron chi connectivity index (χ0n) is 14.1. The van der Waals surface area contributed by atoms with E-state index >= 15 is 0 Å². The first-order valence-electron chi connectivity index (χ1n) is 7.95. The van der Waals surface area contributed by atoms with Crippen molar-refractivity contribution in [3.63, 3.8) is 0 Å². The molecule has 1 atom stereocenters. The maximum Gasteiger partial charge on any atom is 0.193 e. The second kappa shape index (κ2) is 9.70. The predicted octanol–water partition coefficient (Wildman–Crippen LogP) is 3.56. The Morgan fingerprint density at radius 3 is 2.91 bits per heavy atom. The topological polar surface area (TPSA) is 40.5 Å². The van der Waals surface area contributed by atoms with E-state index in [2.05, 4.69) is 41.0 Å². The van der Waals surface area contributed by atoms with E-state index in [1.54, 1.807) is 11.3 Å². The molecule has 22 heavy (non-hydrogen) atoms. The Morgan fingerprint density at radius 1 is 1.55 bits per heavy atom. The number of halogens is 1. The summed E-state index contributed by atoms with van der Waals surface area (Å²) in [6, 6.07) is 0. The van der Waals surface area contributed by atoms with E-state index < -0.39 is 0 Å². The van der Waals surface area contributed by atoms with Crippen LogP contribution in [0.25, 0.3) is 0 Å². The average Bonchev–Trinajstić information content (AvgIpc) is 3.03. The van der Waals surface area contributed by atoms with Crippen LogP contribution in [-0.4, -0.2) is 42.5 Å². The lowest BCUT2D eigenvalue weighted by molar-refractivity contribution is 0.404. The zero-order valence-corrected chi connectivity index (χ0v) is 17.3. The Balaban J connectivity index is 0.00000242. The third-order valence-corrected chi connectivity index (χ3v) is 4.87. The van der Waals surface area contributed by atoms with Gasteiger partial charge in [-0.05, 0) is 31.6 Å². The molecule has 1 aliphatic rings. The molecule has 0 aromatic carbocycles. The fraction of sp³-hybridized carbons (Fsp3) is 0.750. The van der Waals surface area contributed by atoms with Crippen LogP contribution in [0.5, 0.6) is 0 Å². The van der Waals surface area contributed by atoms with E-state index in [9.17, 15) is 0 Å². The third-order valence-electron chi connectivity index (χ3n) is 3.89. The van der Waals surface area contributed by atoms with Gasteiger partial charge in [-0.25, -0.2) is 4.98 Å². The fourth-order valence-corrected chi connectivity index (χ4v) is 3.80. The number of aliphatic imine (C=N–C) groups is 1. The van der Waals surface area contributed by atoms with Crippen molar-refractivity contribution in [3.8, 4) is 0 Å². The second-order valence-corrected chi connectivity index (χ2v) is 7.64. The first kappa shape index (κ1) is 19.7. The van der Waals surface area contributed by atoms with Crippen molar-refractivity contribution in [1.82, 2.24) is 15.2 Å². The fourth-order valence-electron chi connectivity index (χ4n) is 3.01.